The number of amides is 1. The summed E-state index contributed by atoms with van der Waals surface area (Å²) in [7, 11) is 0. The molecule has 0 spiro atoms. The topological polar surface area (TPSA) is 65.7 Å². The number of furan rings is 1. The minimum absolute atomic E-state index is 0.0465. The molecule has 2 N–H and O–H groups in total. The molecule has 5 nitrogen and oxygen atoms in total. The fraction of sp³-hybridized carbons (Fsp3) is 0.421. The van der Waals surface area contributed by atoms with Crippen molar-refractivity contribution in [3.05, 3.63) is 60.1 Å². The number of likely N-dealkylation sites (tertiary alicyclic amines) is 1. The zero-order chi connectivity index (χ0) is 17.0. The quantitative estimate of drug-likeness (QED) is 0.884. The molecule has 1 unspecified atom stereocenters. The SMILES string of the molecule is CC(O)(CNC1CCN(C(=O)c2ccco2)CC1)c1ccccc1. The number of carbonyl (C=O) groups is 1. The van der Waals surface area contributed by atoms with Gasteiger partial charge in [-0.1, -0.05) is 30.3 Å². The number of hydrogen-bond acceptors (Lipinski definition) is 4. The lowest BCUT2D eigenvalue weighted by atomic mass is 9.95. The summed E-state index contributed by atoms with van der Waals surface area (Å²) in [5.41, 5.74) is 0.00508. The van der Waals surface area contributed by atoms with Crippen LogP contribution in [-0.2, 0) is 5.60 Å². The van der Waals surface area contributed by atoms with Crippen molar-refractivity contribution in [3.63, 3.8) is 0 Å². The van der Waals surface area contributed by atoms with Gasteiger partial charge < -0.3 is 19.7 Å². The largest absolute Gasteiger partial charge is 0.459 e. The van der Waals surface area contributed by atoms with Crippen LogP contribution in [0, 0.1) is 0 Å². The van der Waals surface area contributed by atoms with Crippen LogP contribution in [0.25, 0.3) is 0 Å². The molecule has 24 heavy (non-hydrogen) atoms. The molecule has 0 aliphatic carbocycles. The molecule has 5 heteroatoms. The van der Waals surface area contributed by atoms with Crippen molar-refractivity contribution in [1.29, 1.82) is 0 Å². The Kier molecular flexibility index (Phi) is 5.02. The highest BCUT2D eigenvalue weighted by molar-refractivity contribution is 5.91. The molecule has 1 aliphatic rings. The van der Waals surface area contributed by atoms with Crippen molar-refractivity contribution in [2.24, 2.45) is 0 Å². The normalized spacial score (nSPS) is 18.3. The summed E-state index contributed by atoms with van der Waals surface area (Å²) in [5.74, 6) is 0.350. The van der Waals surface area contributed by atoms with Crippen LogP contribution < -0.4 is 5.32 Å². The maximum atomic E-state index is 12.2. The second kappa shape index (κ2) is 7.20. The van der Waals surface area contributed by atoms with E-state index in [1.165, 1.54) is 6.26 Å². The molecule has 2 heterocycles. The van der Waals surface area contributed by atoms with E-state index in [1.54, 1.807) is 12.1 Å². The molecule has 1 aromatic carbocycles. The number of benzene rings is 1. The van der Waals surface area contributed by atoms with Gasteiger partial charge in [-0.2, -0.15) is 0 Å². The van der Waals surface area contributed by atoms with Crippen LogP contribution in [0.4, 0.5) is 0 Å². The minimum atomic E-state index is -0.900. The van der Waals surface area contributed by atoms with Crippen molar-refractivity contribution in [1.82, 2.24) is 10.2 Å². The average Bonchev–Trinajstić information content (AvgIpc) is 3.15. The summed E-state index contributed by atoms with van der Waals surface area (Å²) < 4.78 is 5.18. The number of nitrogens with one attached hydrogen (secondary N) is 1. The predicted octanol–water partition coefficient (Wildman–Crippen LogP) is 2.38. The van der Waals surface area contributed by atoms with Gasteiger partial charge in [-0.15, -0.1) is 0 Å². The monoisotopic (exact) mass is 328 g/mol. The number of rotatable bonds is 5. The summed E-state index contributed by atoms with van der Waals surface area (Å²) in [6, 6.07) is 13.4. The second-order valence-corrected chi connectivity index (χ2v) is 6.56. The van der Waals surface area contributed by atoms with Crippen LogP contribution in [-0.4, -0.2) is 41.6 Å². The molecule has 0 bridgehead atoms. The molecule has 128 valence electrons. The van der Waals surface area contributed by atoms with Crippen molar-refractivity contribution in [2.45, 2.75) is 31.4 Å². The first kappa shape index (κ1) is 16.7. The van der Waals surface area contributed by atoms with Gasteiger partial charge in [0, 0.05) is 25.7 Å². The first-order chi connectivity index (χ1) is 11.6. The Morgan fingerprint density at radius 1 is 1.25 bits per heavy atom. The van der Waals surface area contributed by atoms with Crippen molar-refractivity contribution >= 4 is 5.91 Å². The molecule has 1 aliphatic heterocycles. The average molecular weight is 328 g/mol. The van der Waals surface area contributed by atoms with E-state index >= 15 is 0 Å². The number of carbonyl (C=O) groups excluding carboxylic acids is 1. The highest BCUT2D eigenvalue weighted by Crippen LogP contribution is 2.20. The predicted molar refractivity (Wildman–Crippen MR) is 91.6 cm³/mol. The number of piperidine rings is 1. The Bertz CT molecular complexity index is 645. The van der Waals surface area contributed by atoms with E-state index in [-0.39, 0.29) is 5.91 Å². The molecular weight excluding hydrogens is 304 g/mol. The molecule has 2 aromatic rings. The van der Waals surface area contributed by atoms with Crippen molar-refractivity contribution in [2.75, 3.05) is 19.6 Å². The van der Waals surface area contributed by atoms with Crippen LogP contribution >= 0.6 is 0 Å². The van der Waals surface area contributed by atoms with Gasteiger partial charge in [0.1, 0.15) is 0 Å². The van der Waals surface area contributed by atoms with Gasteiger partial charge in [-0.25, -0.2) is 0 Å². The third-order valence-corrected chi connectivity index (χ3v) is 4.64. The highest BCUT2D eigenvalue weighted by atomic mass is 16.3. The molecule has 3 rings (SSSR count). The van der Waals surface area contributed by atoms with Crippen LogP contribution in [0.3, 0.4) is 0 Å². The molecule has 1 fully saturated rings. The van der Waals surface area contributed by atoms with Gasteiger partial charge in [0.25, 0.3) is 5.91 Å². The van der Waals surface area contributed by atoms with Gasteiger partial charge >= 0.3 is 0 Å². The minimum Gasteiger partial charge on any atom is -0.459 e. The number of nitrogens with zero attached hydrogens (tertiary/aromatic N) is 1. The lowest BCUT2D eigenvalue weighted by molar-refractivity contribution is 0.0476. The van der Waals surface area contributed by atoms with Crippen LogP contribution in [0.2, 0.25) is 0 Å². The molecule has 0 radical (unpaired) electrons. The van der Waals surface area contributed by atoms with E-state index in [2.05, 4.69) is 5.32 Å². The van der Waals surface area contributed by atoms with Crippen LogP contribution in [0.5, 0.6) is 0 Å². The molecule has 1 aromatic heterocycles. The van der Waals surface area contributed by atoms with E-state index in [1.807, 2.05) is 42.2 Å². The van der Waals surface area contributed by atoms with E-state index in [4.69, 9.17) is 4.42 Å². The Labute approximate surface area is 142 Å². The Morgan fingerprint density at radius 2 is 1.96 bits per heavy atom. The summed E-state index contributed by atoms with van der Waals surface area (Å²) in [5, 5.41) is 14.1. The second-order valence-electron chi connectivity index (χ2n) is 6.56. The van der Waals surface area contributed by atoms with E-state index in [9.17, 15) is 9.90 Å². The fourth-order valence-corrected chi connectivity index (χ4v) is 3.09. The third-order valence-electron chi connectivity index (χ3n) is 4.64. The Balaban J connectivity index is 1.48. The maximum absolute atomic E-state index is 12.2. The van der Waals surface area contributed by atoms with E-state index in [0.717, 1.165) is 18.4 Å². The maximum Gasteiger partial charge on any atom is 0.289 e. The van der Waals surface area contributed by atoms with Gasteiger partial charge in [0.2, 0.25) is 0 Å². The van der Waals surface area contributed by atoms with E-state index < -0.39 is 5.60 Å². The smallest absolute Gasteiger partial charge is 0.289 e. The zero-order valence-electron chi connectivity index (χ0n) is 13.9. The summed E-state index contributed by atoms with van der Waals surface area (Å²) in [4.78, 5) is 14.1. The fourth-order valence-electron chi connectivity index (χ4n) is 3.09. The molecule has 0 saturated carbocycles. The lowest BCUT2D eigenvalue weighted by Gasteiger charge is -2.34. The molecule has 1 amide bonds. The Hall–Kier alpha value is -2.11. The van der Waals surface area contributed by atoms with Gasteiger partial charge in [-0.05, 0) is 37.5 Å². The summed E-state index contributed by atoms with van der Waals surface area (Å²) in [6.07, 6.45) is 3.27. The van der Waals surface area contributed by atoms with Crippen LogP contribution in [0.1, 0.15) is 35.9 Å². The van der Waals surface area contributed by atoms with E-state index in [0.29, 0.717) is 31.4 Å². The van der Waals surface area contributed by atoms with Crippen molar-refractivity contribution in [3.8, 4) is 0 Å². The molecular formula is C19H24N2O3. The summed E-state index contributed by atoms with van der Waals surface area (Å²) in [6.45, 7) is 3.72. The Morgan fingerprint density at radius 3 is 2.58 bits per heavy atom. The number of aliphatic hydroxyl groups is 1. The van der Waals surface area contributed by atoms with Crippen molar-refractivity contribution < 1.29 is 14.3 Å². The standard InChI is InChI=1S/C19H24N2O3/c1-19(23,15-6-3-2-4-7-15)14-20-16-9-11-21(12-10-16)18(22)17-8-5-13-24-17/h2-8,13,16,20,23H,9-12,14H2,1H3. The lowest BCUT2D eigenvalue weighted by Crippen LogP contribution is -2.48. The molecule has 1 saturated heterocycles. The number of hydrogen-bond donors (Lipinski definition) is 2. The third kappa shape index (κ3) is 3.86. The zero-order valence-corrected chi connectivity index (χ0v) is 13.9. The highest BCUT2D eigenvalue weighted by Gasteiger charge is 2.28. The van der Waals surface area contributed by atoms with Crippen LogP contribution in [0.15, 0.2) is 53.1 Å². The van der Waals surface area contributed by atoms with Gasteiger partial charge in [-0.3, -0.25) is 4.79 Å². The first-order valence-electron chi connectivity index (χ1n) is 8.40. The summed E-state index contributed by atoms with van der Waals surface area (Å²) >= 11 is 0. The molecule has 1 atom stereocenters. The van der Waals surface area contributed by atoms with Gasteiger partial charge in [0.05, 0.1) is 11.9 Å². The first-order valence-corrected chi connectivity index (χ1v) is 8.40. The van der Waals surface area contributed by atoms with Gasteiger partial charge in [0.15, 0.2) is 5.76 Å².